The second kappa shape index (κ2) is 13.3. The average molecular weight is 729 g/mol. The van der Waals surface area contributed by atoms with Crippen LogP contribution in [0.2, 0.25) is 13.1 Å². The fraction of sp³-hybridized carbons (Fsp3) is 0.389. The summed E-state index contributed by atoms with van der Waals surface area (Å²) in [6, 6.07) is 14.7. The molecular formula is C36H42Cl2S2SiZr. The van der Waals surface area contributed by atoms with Gasteiger partial charge in [-0.1, -0.05) is 124 Å². The summed E-state index contributed by atoms with van der Waals surface area (Å²) < 4.78 is 6.00. The van der Waals surface area contributed by atoms with Gasteiger partial charge in [-0.05, 0) is 46.2 Å². The van der Waals surface area contributed by atoms with E-state index in [4.69, 9.17) is 17.0 Å². The Kier molecular flexibility index (Phi) is 10.4. The first-order valence-electron chi connectivity index (χ1n) is 15.3. The minimum absolute atomic E-state index is 0.826. The summed E-state index contributed by atoms with van der Waals surface area (Å²) in [6.07, 6.45) is 7.42. The van der Waals surface area contributed by atoms with Crippen molar-refractivity contribution in [2.45, 2.75) is 93.2 Å². The number of aryl methyl sites for hydroxylation is 4. The van der Waals surface area contributed by atoms with Gasteiger partial charge in [0.2, 0.25) is 0 Å². The molecular weight excluding hydrogens is 687 g/mol. The van der Waals surface area contributed by atoms with Crippen LogP contribution >= 0.6 is 39.7 Å². The molecule has 0 fully saturated rings. The van der Waals surface area contributed by atoms with Gasteiger partial charge in [0.25, 0.3) is 0 Å². The van der Waals surface area contributed by atoms with Crippen LogP contribution in [0.1, 0.15) is 72.9 Å². The van der Waals surface area contributed by atoms with Crippen molar-refractivity contribution in [2.24, 2.45) is 0 Å². The van der Waals surface area contributed by atoms with Crippen LogP contribution in [0.5, 0.6) is 0 Å². The third-order valence-corrected chi connectivity index (χ3v) is 15.7. The van der Waals surface area contributed by atoms with Gasteiger partial charge >= 0.3 is 37.9 Å². The molecule has 0 N–H and O–H groups in total. The summed E-state index contributed by atoms with van der Waals surface area (Å²) in [4.78, 5) is 0. The van der Waals surface area contributed by atoms with Crippen molar-refractivity contribution < 1.29 is 20.8 Å². The van der Waals surface area contributed by atoms with Crippen molar-refractivity contribution >= 4 is 98.5 Å². The van der Waals surface area contributed by atoms with Crippen molar-refractivity contribution in [1.29, 1.82) is 0 Å². The van der Waals surface area contributed by atoms with E-state index in [1.807, 2.05) is 22.7 Å². The number of halogens is 2. The van der Waals surface area contributed by atoms with E-state index in [1.165, 1.54) is 101 Å². The Hall–Kier alpha value is -0.740. The molecule has 0 radical (unpaired) electrons. The predicted molar refractivity (Wildman–Crippen MR) is 194 cm³/mol. The molecule has 6 aromatic rings. The molecule has 0 bridgehead atoms. The van der Waals surface area contributed by atoms with E-state index in [9.17, 15) is 0 Å². The van der Waals surface area contributed by atoms with E-state index >= 15 is 0 Å². The van der Waals surface area contributed by atoms with Crippen LogP contribution in [-0.2, 0) is 33.7 Å². The van der Waals surface area contributed by atoms with Gasteiger partial charge in [-0.2, -0.15) is 0 Å². The molecule has 220 valence electrons. The Labute approximate surface area is 279 Å². The predicted octanol–water partition coefficient (Wildman–Crippen LogP) is 12.0. The zero-order valence-corrected chi connectivity index (χ0v) is 32.9. The van der Waals surface area contributed by atoms with Crippen molar-refractivity contribution in [3.63, 3.8) is 0 Å². The van der Waals surface area contributed by atoms with Gasteiger partial charge in [0.15, 0.2) is 0 Å². The third kappa shape index (κ3) is 5.60. The molecule has 0 spiro atoms. The second-order valence-corrected chi connectivity index (χ2v) is 22.5. The van der Waals surface area contributed by atoms with Crippen LogP contribution in [0.4, 0.5) is 0 Å². The molecule has 6 rings (SSSR count). The van der Waals surface area contributed by atoms with E-state index in [-0.39, 0.29) is 0 Å². The van der Waals surface area contributed by atoms with Gasteiger partial charge in [-0.3, -0.25) is 0 Å². The molecule has 0 unspecified atom stereocenters. The zero-order chi connectivity index (χ0) is 30.3. The van der Waals surface area contributed by atoms with Gasteiger partial charge in [0, 0.05) is 8.07 Å². The van der Waals surface area contributed by atoms with Crippen LogP contribution in [0.25, 0.3) is 40.3 Å². The summed E-state index contributed by atoms with van der Waals surface area (Å²) >= 11 is 3.24. The van der Waals surface area contributed by atoms with Crippen molar-refractivity contribution in [3.05, 3.63) is 69.8 Å². The first-order chi connectivity index (χ1) is 20.1. The quantitative estimate of drug-likeness (QED) is 0.108. The molecule has 0 aliphatic rings. The van der Waals surface area contributed by atoms with Crippen LogP contribution in [0.15, 0.2) is 36.4 Å². The molecule has 0 saturated heterocycles. The topological polar surface area (TPSA) is 0 Å². The minimum atomic E-state index is -2.05. The summed E-state index contributed by atoms with van der Waals surface area (Å²) in [7, 11) is 7.82. The van der Waals surface area contributed by atoms with E-state index in [0.29, 0.717) is 0 Å². The van der Waals surface area contributed by atoms with Gasteiger partial charge in [0.05, 0.1) is 0 Å². The number of rotatable bonds is 8. The van der Waals surface area contributed by atoms with Crippen LogP contribution in [0.3, 0.4) is 0 Å². The average Bonchev–Trinajstić information content (AvgIpc) is 3.65. The molecule has 0 nitrogen and oxygen atoms in total. The first-order valence-corrected chi connectivity index (χ1v) is 26.3. The van der Waals surface area contributed by atoms with Crippen LogP contribution in [0, 0.1) is 27.7 Å². The van der Waals surface area contributed by atoms with Gasteiger partial charge in [-0.15, -0.1) is 43.4 Å². The molecule has 6 heteroatoms. The van der Waals surface area contributed by atoms with Crippen molar-refractivity contribution in [2.75, 3.05) is 0 Å². The summed E-state index contributed by atoms with van der Waals surface area (Å²) in [5, 5.41) is 9.45. The fourth-order valence-corrected chi connectivity index (χ4v) is 14.3. The zero-order valence-electron chi connectivity index (χ0n) is 26.3. The number of hydrogen-bond donors (Lipinski definition) is 0. The van der Waals surface area contributed by atoms with Crippen LogP contribution in [-0.4, -0.2) is 8.07 Å². The first kappa shape index (κ1) is 32.6. The molecule has 0 aliphatic carbocycles. The third-order valence-electron chi connectivity index (χ3n) is 9.45. The maximum atomic E-state index is 4.93. The molecule has 0 aliphatic heterocycles. The Morgan fingerprint density at radius 1 is 0.690 bits per heavy atom. The van der Waals surface area contributed by atoms with Crippen molar-refractivity contribution in [1.82, 2.24) is 0 Å². The molecule has 0 atom stereocenters. The SMILES string of the molecule is CCCCc1ccc2c(c1)sc1c(C)c(C)[c-]([Si](C)(C)[c-]3c(C)c(C)c4sc5cc(CCCC)ccc5c43)c12.[Cl][Zr+2][Cl]. The Balaban J connectivity index is 0.00000113. The normalized spacial score (nSPS) is 12.0. The molecule has 0 amide bonds. The molecule has 4 aromatic carbocycles. The Morgan fingerprint density at radius 3 is 1.43 bits per heavy atom. The van der Waals surface area contributed by atoms with E-state index in [0.717, 1.165) is 0 Å². The molecule has 2 heterocycles. The van der Waals surface area contributed by atoms with E-state index < -0.39 is 28.9 Å². The maximum absolute atomic E-state index is 4.93. The summed E-state index contributed by atoms with van der Waals surface area (Å²) in [5.41, 5.74) is 9.07. The van der Waals surface area contributed by atoms with E-state index in [1.54, 1.807) is 21.1 Å². The summed E-state index contributed by atoms with van der Waals surface area (Å²) in [6.45, 7) is 19.4. The number of unbranched alkanes of at least 4 members (excludes halogenated alkanes) is 2. The molecule has 0 saturated carbocycles. The second-order valence-electron chi connectivity index (χ2n) is 12.4. The molecule has 2 aromatic heterocycles. The van der Waals surface area contributed by atoms with Gasteiger partial charge in [0.1, 0.15) is 0 Å². The Morgan fingerprint density at radius 2 is 1.07 bits per heavy atom. The number of benzene rings is 2. The monoisotopic (exact) mass is 726 g/mol. The van der Waals surface area contributed by atoms with Gasteiger partial charge in [-0.25, -0.2) is 22.7 Å². The fourth-order valence-electron chi connectivity index (χ4n) is 7.16. The van der Waals surface area contributed by atoms with E-state index in [2.05, 4.69) is 91.0 Å². The van der Waals surface area contributed by atoms with Crippen LogP contribution < -0.4 is 10.4 Å². The number of fused-ring (bicyclic) bond motifs is 6. The van der Waals surface area contributed by atoms with Gasteiger partial charge < -0.3 is 0 Å². The summed E-state index contributed by atoms with van der Waals surface area (Å²) in [5.74, 6) is 0. The van der Waals surface area contributed by atoms with Crippen molar-refractivity contribution in [3.8, 4) is 0 Å². The molecule has 42 heavy (non-hydrogen) atoms. The standard InChI is InChI=1S/C36H42S2Si.2ClH.Zr/c1-9-11-13-25-15-17-27-29(19-25)37-33-21(3)23(5)35(31(27)33)39(7,8)36-24(6)22(4)34-32(36)28-18-16-26(14-12-10-2)20-30(28)38-34;;;/h15-20H,9-14H2,1-8H3;2*1H;/q-2;;;+4/p-2. The Bertz CT molecular complexity index is 1750. The number of hydrogen-bond acceptors (Lipinski definition) is 2. The number of thiophene rings is 2.